The van der Waals surface area contributed by atoms with Crippen molar-refractivity contribution in [3.63, 3.8) is 0 Å². The first kappa shape index (κ1) is 17.2. The number of fused-ring (bicyclic) bond motifs is 2. The number of hydrogen-bond acceptors (Lipinski definition) is 8. The minimum absolute atomic E-state index is 0.0578. The van der Waals surface area contributed by atoms with E-state index in [4.69, 9.17) is 0 Å². The first-order valence-corrected chi connectivity index (χ1v) is 9.12. The van der Waals surface area contributed by atoms with Crippen LogP contribution in [-0.4, -0.2) is 39.6 Å². The summed E-state index contributed by atoms with van der Waals surface area (Å²) in [6.45, 7) is 0. The molecule has 0 fully saturated rings. The number of rotatable bonds is 5. The first-order chi connectivity index (χ1) is 13.0. The molecule has 10 heteroatoms. The van der Waals surface area contributed by atoms with E-state index >= 15 is 0 Å². The van der Waals surface area contributed by atoms with Gasteiger partial charge in [-0.25, -0.2) is 9.59 Å². The van der Waals surface area contributed by atoms with Crippen LogP contribution in [0, 0.1) is 0 Å². The zero-order valence-corrected chi connectivity index (χ0v) is 15.1. The van der Waals surface area contributed by atoms with E-state index in [2.05, 4.69) is 17.5 Å². The highest BCUT2D eigenvalue weighted by Gasteiger charge is 2.23. The zero-order chi connectivity index (χ0) is 19.0. The van der Waals surface area contributed by atoms with E-state index in [9.17, 15) is 19.8 Å². The van der Waals surface area contributed by atoms with Gasteiger partial charge in [-0.05, 0) is 35.4 Å². The van der Waals surface area contributed by atoms with Gasteiger partial charge in [0.15, 0.2) is 0 Å². The predicted molar refractivity (Wildman–Crippen MR) is 101 cm³/mol. The molecule has 2 aromatic heterocycles. The van der Waals surface area contributed by atoms with Gasteiger partial charge in [-0.1, -0.05) is 12.1 Å². The van der Waals surface area contributed by atoms with Crippen LogP contribution in [0.2, 0.25) is 0 Å². The summed E-state index contributed by atoms with van der Waals surface area (Å²) in [5, 5.41) is 19.4. The highest BCUT2D eigenvalue weighted by atomic mass is 32.1. The summed E-state index contributed by atoms with van der Waals surface area (Å²) in [5.41, 5.74) is 2.95. The fourth-order valence-electron chi connectivity index (χ4n) is 2.78. The lowest BCUT2D eigenvalue weighted by molar-refractivity contribution is -0.134. The van der Waals surface area contributed by atoms with Gasteiger partial charge in [0.1, 0.15) is 22.1 Å². The summed E-state index contributed by atoms with van der Waals surface area (Å²) in [6, 6.07) is 9.89. The maximum atomic E-state index is 11.9. The van der Waals surface area contributed by atoms with Crippen LogP contribution < -0.4 is 0 Å². The Morgan fingerprint density at radius 1 is 0.778 bits per heavy atom. The fourth-order valence-corrected chi connectivity index (χ4v) is 3.81. The van der Waals surface area contributed by atoms with Gasteiger partial charge in [0.2, 0.25) is 0 Å². The van der Waals surface area contributed by atoms with Crippen LogP contribution in [0.1, 0.15) is 11.1 Å². The monoisotopic (exact) mass is 398 g/mol. The van der Waals surface area contributed by atoms with E-state index in [0.29, 0.717) is 27.6 Å². The maximum Gasteiger partial charge on any atom is 0.336 e. The number of carbonyl (C=O) groups is 2. The van der Waals surface area contributed by atoms with Crippen LogP contribution in [0.3, 0.4) is 0 Å². The Hall–Kier alpha value is -3.24. The van der Waals surface area contributed by atoms with E-state index in [1.54, 1.807) is 36.4 Å². The number of aromatic nitrogens is 4. The lowest BCUT2D eigenvalue weighted by atomic mass is 9.94. The summed E-state index contributed by atoms with van der Waals surface area (Å²) in [7, 11) is 0. The van der Waals surface area contributed by atoms with Crippen molar-refractivity contribution >= 4 is 63.0 Å². The predicted octanol–water partition coefficient (Wildman–Crippen LogP) is 2.86. The quantitative estimate of drug-likeness (QED) is 0.492. The molecule has 27 heavy (non-hydrogen) atoms. The zero-order valence-electron chi connectivity index (χ0n) is 13.5. The number of nitrogens with zero attached hydrogens (tertiary/aromatic N) is 4. The molecule has 0 amide bonds. The second-order valence-corrected chi connectivity index (χ2v) is 6.75. The summed E-state index contributed by atoms with van der Waals surface area (Å²) in [4.78, 5) is 23.8. The van der Waals surface area contributed by atoms with Crippen molar-refractivity contribution in [1.29, 1.82) is 0 Å². The lowest BCUT2D eigenvalue weighted by Gasteiger charge is -2.10. The summed E-state index contributed by atoms with van der Waals surface area (Å²) < 4.78 is 16.4. The molecule has 134 valence electrons. The molecule has 0 aliphatic heterocycles. The van der Waals surface area contributed by atoms with Gasteiger partial charge in [0, 0.05) is 6.42 Å². The number of benzene rings is 2. The molecule has 2 heterocycles. The Bertz CT molecular complexity index is 1230. The second-order valence-electron chi connectivity index (χ2n) is 5.70. The van der Waals surface area contributed by atoms with Gasteiger partial charge >= 0.3 is 11.9 Å². The van der Waals surface area contributed by atoms with E-state index < -0.39 is 11.9 Å². The van der Waals surface area contributed by atoms with E-state index in [-0.39, 0.29) is 23.1 Å². The molecular formula is C17H10N4O4S2. The van der Waals surface area contributed by atoms with Crippen molar-refractivity contribution in [3.8, 4) is 0 Å². The van der Waals surface area contributed by atoms with Crippen molar-refractivity contribution in [2.45, 2.75) is 6.42 Å². The van der Waals surface area contributed by atoms with Crippen molar-refractivity contribution in [2.24, 2.45) is 0 Å². The molecule has 4 aromatic rings. The number of carboxylic acids is 2. The Labute approximate surface area is 160 Å². The lowest BCUT2D eigenvalue weighted by Crippen LogP contribution is -2.13. The van der Waals surface area contributed by atoms with E-state index in [1.807, 2.05) is 0 Å². The summed E-state index contributed by atoms with van der Waals surface area (Å²) in [5.74, 6) is -2.60. The molecule has 2 aromatic carbocycles. The van der Waals surface area contributed by atoms with Crippen LogP contribution in [0.25, 0.3) is 27.6 Å². The SMILES string of the molecule is O=C(O)C(Cc1ccc2nsnc2c1)=C(C(=O)O)c1ccc2nsnc2c1. The third-order valence-electron chi connectivity index (χ3n) is 4.02. The maximum absolute atomic E-state index is 11.9. The average molecular weight is 398 g/mol. The number of aliphatic carboxylic acids is 2. The average Bonchev–Trinajstić information content (AvgIpc) is 3.28. The molecule has 0 aliphatic carbocycles. The van der Waals surface area contributed by atoms with E-state index in [1.165, 1.54) is 0 Å². The third-order valence-corrected chi connectivity index (χ3v) is 5.13. The molecule has 2 N–H and O–H groups in total. The van der Waals surface area contributed by atoms with Gasteiger partial charge in [-0.3, -0.25) is 0 Å². The van der Waals surface area contributed by atoms with Crippen molar-refractivity contribution in [2.75, 3.05) is 0 Å². The van der Waals surface area contributed by atoms with Crippen LogP contribution in [0.5, 0.6) is 0 Å². The molecule has 0 radical (unpaired) electrons. The fraction of sp³-hybridized carbons (Fsp3) is 0.0588. The van der Waals surface area contributed by atoms with Gasteiger partial charge in [-0.15, -0.1) is 0 Å². The van der Waals surface area contributed by atoms with Crippen molar-refractivity contribution in [3.05, 3.63) is 53.1 Å². The van der Waals surface area contributed by atoms with Crippen LogP contribution in [0.4, 0.5) is 0 Å². The second kappa shape index (κ2) is 6.82. The Balaban J connectivity index is 1.84. The van der Waals surface area contributed by atoms with Crippen molar-refractivity contribution in [1.82, 2.24) is 17.5 Å². The highest BCUT2D eigenvalue weighted by Crippen LogP contribution is 2.26. The highest BCUT2D eigenvalue weighted by molar-refractivity contribution is 7.00. The molecule has 0 saturated heterocycles. The minimum atomic E-state index is -1.31. The molecule has 0 bridgehead atoms. The molecule has 0 unspecified atom stereocenters. The van der Waals surface area contributed by atoms with Gasteiger partial charge in [-0.2, -0.15) is 17.5 Å². The summed E-state index contributed by atoms with van der Waals surface area (Å²) >= 11 is 2.07. The summed E-state index contributed by atoms with van der Waals surface area (Å²) in [6.07, 6.45) is -0.0578. The van der Waals surface area contributed by atoms with Gasteiger partial charge < -0.3 is 10.2 Å². The largest absolute Gasteiger partial charge is 0.478 e. The minimum Gasteiger partial charge on any atom is -0.478 e. The molecule has 0 saturated carbocycles. The first-order valence-electron chi connectivity index (χ1n) is 7.66. The van der Waals surface area contributed by atoms with E-state index in [0.717, 1.165) is 23.5 Å². The third kappa shape index (κ3) is 3.27. The molecule has 0 aliphatic rings. The van der Waals surface area contributed by atoms with Gasteiger partial charge in [0.25, 0.3) is 0 Å². The van der Waals surface area contributed by atoms with Crippen LogP contribution in [0.15, 0.2) is 42.0 Å². The Morgan fingerprint density at radius 2 is 1.37 bits per heavy atom. The number of hydrogen-bond donors (Lipinski definition) is 2. The normalized spacial score (nSPS) is 12.3. The standard InChI is InChI=1S/C17H10N4O4S2/c22-16(23)10(5-8-1-3-11-13(6-8)20-26-18-11)15(17(24)25)9-2-4-12-14(7-9)21-27-19-12/h1-4,6-7H,5H2,(H,22,23)(H,24,25). The Kier molecular flexibility index (Phi) is 4.34. The van der Waals surface area contributed by atoms with Gasteiger partial charge in [0.05, 0.1) is 34.6 Å². The Morgan fingerprint density at radius 3 is 2.00 bits per heavy atom. The van der Waals surface area contributed by atoms with Crippen LogP contribution in [-0.2, 0) is 16.0 Å². The topological polar surface area (TPSA) is 126 Å². The van der Waals surface area contributed by atoms with Crippen LogP contribution >= 0.6 is 23.5 Å². The molecule has 8 nitrogen and oxygen atoms in total. The molecule has 0 atom stereocenters. The molecular weight excluding hydrogens is 388 g/mol. The van der Waals surface area contributed by atoms with Crippen molar-refractivity contribution < 1.29 is 19.8 Å². The number of carboxylic acid groups (broad SMARTS) is 2. The smallest absolute Gasteiger partial charge is 0.336 e. The molecule has 0 spiro atoms. The molecule has 4 rings (SSSR count).